The molecule has 96 valence electrons. The number of anilines is 1. The zero-order chi connectivity index (χ0) is 12.7. The van der Waals surface area contributed by atoms with Crippen molar-refractivity contribution in [3.63, 3.8) is 0 Å². The zero-order valence-corrected chi connectivity index (χ0v) is 11.1. The molecular weight excluding hydrogens is 264 g/mol. The molecule has 0 fully saturated rings. The lowest BCUT2D eigenvalue weighted by Crippen LogP contribution is -2.17. The molecule has 0 aliphatic rings. The molecule has 0 aromatic carbocycles. The highest BCUT2D eigenvalue weighted by atomic mass is 35.5. The molecule has 7 heteroatoms. The Morgan fingerprint density at radius 1 is 1.47 bits per heavy atom. The van der Waals surface area contributed by atoms with E-state index in [4.69, 9.17) is 16.3 Å². The quantitative estimate of drug-likeness (QED) is 0.773. The summed E-state index contributed by atoms with van der Waals surface area (Å²) in [6.07, 6.45) is 1.84. The summed E-state index contributed by atoms with van der Waals surface area (Å²) in [6, 6.07) is 3.22. The SMILES string of the molecule is CCOc1ccc(NS(=O)(=O)CCCCl)cn1. The minimum atomic E-state index is -3.34. The Bertz CT molecular complexity index is 433. The molecule has 1 rings (SSSR count). The van der Waals surface area contributed by atoms with Crippen LogP contribution in [0.3, 0.4) is 0 Å². The van der Waals surface area contributed by atoms with E-state index >= 15 is 0 Å². The van der Waals surface area contributed by atoms with Crippen molar-refractivity contribution in [3.05, 3.63) is 18.3 Å². The standard InChI is InChI=1S/C10H15ClN2O3S/c1-2-16-10-5-4-9(8-12-10)13-17(14,15)7-3-6-11/h4-5,8,13H,2-3,6-7H2,1H3. The van der Waals surface area contributed by atoms with E-state index in [1.165, 1.54) is 6.20 Å². The van der Waals surface area contributed by atoms with Crippen molar-refractivity contribution in [2.45, 2.75) is 13.3 Å². The average Bonchev–Trinajstić information content (AvgIpc) is 2.29. The summed E-state index contributed by atoms with van der Waals surface area (Å²) < 4.78 is 30.6. The molecule has 1 aromatic rings. The van der Waals surface area contributed by atoms with Crippen LogP contribution in [-0.4, -0.2) is 31.6 Å². The third-order valence-corrected chi connectivity index (χ3v) is 3.49. The van der Waals surface area contributed by atoms with Gasteiger partial charge >= 0.3 is 0 Å². The number of sulfonamides is 1. The molecule has 0 amide bonds. The van der Waals surface area contributed by atoms with Crippen molar-refractivity contribution >= 4 is 27.3 Å². The first kappa shape index (κ1) is 14.1. The predicted molar refractivity (Wildman–Crippen MR) is 68.2 cm³/mol. The second-order valence-electron chi connectivity index (χ2n) is 3.28. The summed E-state index contributed by atoms with van der Waals surface area (Å²) in [7, 11) is -3.34. The number of alkyl halides is 1. The van der Waals surface area contributed by atoms with Crippen LogP contribution >= 0.6 is 11.6 Å². The van der Waals surface area contributed by atoms with Gasteiger partial charge in [0.05, 0.1) is 24.2 Å². The molecule has 17 heavy (non-hydrogen) atoms. The van der Waals surface area contributed by atoms with Gasteiger partial charge in [-0.1, -0.05) is 0 Å². The highest BCUT2D eigenvalue weighted by molar-refractivity contribution is 7.92. The van der Waals surface area contributed by atoms with Crippen LogP contribution in [-0.2, 0) is 10.0 Å². The fourth-order valence-corrected chi connectivity index (χ4v) is 2.55. The van der Waals surface area contributed by atoms with Crippen molar-refractivity contribution in [2.24, 2.45) is 0 Å². The van der Waals surface area contributed by atoms with E-state index < -0.39 is 10.0 Å². The molecule has 1 aromatic heterocycles. The van der Waals surface area contributed by atoms with Gasteiger partial charge in [-0.25, -0.2) is 13.4 Å². The van der Waals surface area contributed by atoms with Gasteiger partial charge in [0.2, 0.25) is 15.9 Å². The van der Waals surface area contributed by atoms with Gasteiger partial charge in [0.15, 0.2) is 0 Å². The normalized spacial score (nSPS) is 11.2. The van der Waals surface area contributed by atoms with Gasteiger partial charge in [0.1, 0.15) is 0 Å². The van der Waals surface area contributed by atoms with Crippen molar-refractivity contribution in [2.75, 3.05) is 23.0 Å². The second kappa shape index (κ2) is 6.66. The van der Waals surface area contributed by atoms with E-state index in [0.717, 1.165) is 0 Å². The molecule has 0 atom stereocenters. The van der Waals surface area contributed by atoms with E-state index in [-0.39, 0.29) is 5.75 Å². The van der Waals surface area contributed by atoms with Crippen LogP contribution in [0.5, 0.6) is 5.88 Å². The van der Waals surface area contributed by atoms with Crippen molar-refractivity contribution in [1.82, 2.24) is 4.98 Å². The maximum atomic E-state index is 11.5. The minimum Gasteiger partial charge on any atom is -0.478 e. The average molecular weight is 279 g/mol. The first-order valence-corrected chi connectivity index (χ1v) is 7.41. The van der Waals surface area contributed by atoms with Crippen LogP contribution in [0.2, 0.25) is 0 Å². The number of halogens is 1. The summed E-state index contributed by atoms with van der Waals surface area (Å²) in [5.41, 5.74) is 0.419. The monoisotopic (exact) mass is 278 g/mol. The highest BCUT2D eigenvalue weighted by Gasteiger charge is 2.09. The first-order chi connectivity index (χ1) is 8.07. The molecule has 0 saturated carbocycles. The number of ether oxygens (including phenoxy) is 1. The summed E-state index contributed by atoms with van der Waals surface area (Å²) in [4.78, 5) is 3.96. The number of hydrogen-bond acceptors (Lipinski definition) is 4. The number of nitrogens with zero attached hydrogens (tertiary/aromatic N) is 1. The Hall–Kier alpha value is -1.01. The fourth-order valence-electron chi connectivity index (χ4n) is 1.15. The van der Waals surface area contributed by atoms with Crippen LogP contribution in [0.1, 0.15) is 13.3 Å². The maximum Gasteiger partial charge on any atom is 0.232 e. The van der Waals surface area contributed by atoms with Gasteiger partial charge < -0.3 is 4.74 Å². The van der Waals surface area contributed by atoms with E-state index in [0.29, 0.717) is 30.5 Å². The van der Waals surface area contributed by atoms with Gasteiger partial charge in [-0.3, -0.25) is 4.72 Å². The summed E-state index contributed by atoms with van der Waals surface area (Å²) >= 11 is 5.45. The van der Waals surface area contributed by atoms with Crippen molar-refractivity contribution < 1.29 is 13.2 Å². The molecule has 5 nitrogen and oxygen atoms in total. The summed E-state index contributed by atoms with van der Waals surface area (Å²) in [5, 5.41) is 0. The van der Waals surface area contributed by atoms with Crippen molar-refractivity contribution in [1.29, 1.82) is 0 Å². The third kappa shape index (κ3) is 5.23. The zero-order valence-electron chi connectivity index (χ0n) is 9.52. The van der Waals surface area contributed by atoms with E-state index in [1.807, 2.05) is 6.92 Å². The van der Waals surface area contributed by atoms with Gasteiger partial charge in [-0.05, 0) is 19.4 Å². The molecule has 0 spiro atoms. The smallest absolute Gasteiger partial charge is 0.232 e. The van der Waals surface area contributed by atoms with E-state index in [1.54, 1.807) is 12.1 Å². The molecule has 0 aliphatic carbocycles. The topological polar surface area (TPSA) is 68.3 Å². The van der Waals surface area contributed by atoms with E-state index in [2.05, 4.69) is 9.71 Å². The summed E-state index contributed by atoms with van der Waals surface area (Å²) in [5.74, 6) is 0.794. The molecular formula is C10H15ClN2O3S. The Morgan fingerprint density at radius 2 is 2.24 bits per heavy atom. The van der Waals surface area contributed by atoms with Gasteiger partial charge in [-0.15, -0.1) is 11.6 Å². The van der Waals surface area contributed by atoms with Crippen LogP contribution < -0.4 is 9.46 Å². The number of hydrogen-bond donors (Lipinski definition) is 1. The lowest BCUT2D eigenvalue weighted by Gasteiger charge is -2.07. The van der Waals surface area contributed by atoms with Crippen LogP contribution in [0, 0.1) is 0 Å². The fraction of sp³-hybridized carbons (Fsp3) is 0.500. The van der Waals surface area contributed by atoms with E-state index in [9.17, 15) is 8.42 Å². The Morgan fingerprint density at radius 3 is 2.76 bits per heavy atom. The number of aromatic nitrogens is 1. The van der Waals surface area contributed by atoms with Crippen LogP contribution in [0.15, 0.2) is 18.3 Å². The summed E-state index contributed by atoms with van der Waals surface area (Å²) in [6.45, 7) is 2.37. The highest BCUT2D eigenvalue weighted by Crippen LogP contribution is 2.13. The van der Waals surface area contributed by atoms with Gasteiger partial charge in [-0.2, -0.15) is 0 Å². The lowest BCUT2D eigenvalue weighted by molar-refractivity contribution is 0.327. The van der Waals surface area contributed by atoms with Gasteiger partial charge in [0, 0.05) is 11.9 Å². The van der Waals surface area contributed by atoms with Gasteiger partial charge in [0.25, 0.3) is 0 Å². The predicted octanol–water partition coefficient (Wildman–Crippen LogP) is 1.85. The van der Waals surface area contributed by atoms with Crippen LogP contribution in [0.25, 0.3) is 0 Å². The maximum absolute atomic E-state index is 11.5. The Balaban J connectivity index is 2.62. The molecule has 1 heterocycles. The molecule has 0 saturated heterocycles. The molecule has 1 N–H and O–H groups in total. The largest absolute Gasteiger partial charge is 0.478 e. The third-order valence-electron chi connectivity index (χ3n) is 1.85. The number of rotatable bonds is 7. The van der Waals surface area contributed by atoms with Crippen molar-refractivity contribution in [3.8, 4) is 5.88 Å². The molecule has 0 radical (unpaired) electrons. The molecule has 0 bridgehead atoms. The second-order valence-corrected chi connectivity index (χ2v) is 5.50. The Kier molecular flexibility index (Phi) is 5.50. The minimum absolute atomic E-state index is 0.00368. The number of nitrogens with one attached hydrogen (secondary N) is 1. The molecule has 0 unspecified atom stereocenters. The molecule has 0 aliphatic heterocycles. The van der Waals surface area contributed by atoms with Crippen LogP contribution in [0.4, 0.5) is 5.69 Å². The lowest BCUT2D eigenvalue weighted by atomic mass is 10.4. The Labute approximate surface area is 106 Å². The number of pyridine rings is 1. The first-order valence-electron chi connectivity index (χ1n) is 5.22.